The maximum absolute atomic E-state index is 5.91. The summed E-state index contributed by atoms with van der Waals surface area (Å²) in [5.41, 5.74) is 3.79. The highest BCUT2D eigenvalue weighted by molar-refractivity contribution is 9.10. The molecule has 1 aromatic heterocycles. The number of nitrogens with zero attached hydrogens (tertiary/aromatic N) is 2. The Kier molecular flexibility index (Phi) is 4.83. The molecule has 24 heavy (non-hydrogen) atoms. The van der Waals surface area contributed by atoms with Crippen molar-refractivity contribution in [3.63, 3.8) is 0 Å². The van der Waals surface area contributed by atoms with Crippen LogP contribution in [0.3, 0.4) is 0 Å². The number of benzene rings is 1. The molecule has 2 aromatic rings. The van der Waals surface area contributed by atoms with E-state index in [1.54, 1.807) is 0 Å². The highest BCUT2D eigenvalue weighted by Gasteiger charge is 2.23. The van der Waals surface area contributed by atoms with Gasteiger partial charge in [-0.05, 0) is 50.7 Å². The molecule has 0 amide bonds. The average molecular weight is 405 g/mol. The molecule has 1 fully saturated rings. The molecule has 1 aliphatic heterocycles. The molecule has 126 valence electrons. The molecule has 3 nitrogen and oxygen atoms in total. The highest BCUT2D eigenvalue weighted by Crippen LogP contribution is 2.29. The van der Waals surface area contributed by atoms with Gasteiger partial charge in [-0.3, -0.25) is 0 Å². The van der Waals surface area contributed by atoms with Gasteiger partial charge in [-0.2, -0.15) is 0 Å². The second-order valence-electron chi connectivity index (χ2n) is 6.63. The molecule has 1 saturated heterocycles. The van der Waals surface area contributed by atoms with Crippen LogP contribution in [0.4, 0.5) is 0 Å². The molecule has 2 heterocycles. The number of ether oxygens (including phenoxy) is 1. The van der Waals surface area contributed by atoms with Gasteiger partial charge in [0.2, 0.25) is 0 Å². The van der Waals surface area contributed by atoms with Gasteiger partial charge in [0.1, 0.15) is 10.5 Å². The number of halogens is 1. The largest absolute Gasteiger partial charge is 0.376 e. The molecule has 0 bridgehead atoms. The molecular formula is C19H21BrN2OS. The minimum atomic E-state index is 0.299. The lowest BCUT2D eigenvalue weighted by molar-refractivity contribution is 0.0961. The maximum atomic E-state index is 5.91. The molecule has 0 spiro atoms. The second-order valence-corrected chi connectivity index (χ2v) is 7.93. The zero-order chi connectivity index (χ0) is 16.5. The van der Waals surface area contributed by atoms with E-state index < -0.39 is 0 Å². The van der Waals surface area contributed by atoms with Crippen LogP contribution < -0.4 is 0 Å². The van der Waals surface area contributed by atoms with Crippen molar-refractivity contribution in [2.24, 2.45) is 0 Å². The number of hydrogen-bond donors (Lipinski definition) is 0. The van der Waals surface area contributed by atoms with Crippen molar-refractivity contribution in [2.45, 2.75) is 51.2 Å². The minimum Gasteiger partial charge on any atom is -0.376 e. The summed E-state index contributed by atoms with van der Waals surface area (Å²) in [5.74, 6) is 0.989. The Morgan fingerprint density at radius 1 is 1.17 bits per heavy atom. The quantitative estimate of drug-likeness (QED) is 0.665. The van der Waals surface area contributed by atoms with E-state index >= 15 is 0 Å². The zero-order valence-electron chi connectivity index (χ0n) is 13.6. The van der Waals surface area contributed by atoms with Crippen molar-refractivity contribution in [1.29, 1.82) is 0 Å². The van der Waals surface area contributed by atoms with E-state index in [0.717, 1.165) is 59.3 Å². The summed E-state index contributed by atoms with van der Waals surface area (Å²) in [7, 11) is 0. The molecule has 1 aliphatic carbocycles. The Bertz CT molecular complexity index is 794. The van der Waals surface area contributed by atoms with E-state index in [1.165, 1.54) is 24.1 Å². The third-order valence-electron chi connectivity index (χ3n) is 5.00. The van der Waals surface area contributed by atoms with Gasteiger partial charge in [0, 0.05) is 27.9 Å². The number of fused-ring (bicyclic) bond motifs is 1. The third kappa shape index (κ3) is 3.22. The van der Waals surface area contributed by atoms with Crippen molar-refractivity contribution in [3.05, 3.63) is 44.6 Å². The summed E-state index contributed by atoms with van der Waals surface area (Å²) in [4.78, 5) is 4.84. The molecule has 0 unspecified atom stereocenters. The standard InChI is InChI=1S/C19H21BrN2OS/c20-14-9-7-13(8-10-14)18-21-19(24)16-5-1-2-6-17(16)22(18)12-15-4-3-11-23-15/h7-10,15H,1-6,11-12H2/t15-/m0/s1. The van der Waals surface area contributed by atoms with Crippen LogP contribution in [0.5, 0.6) is 0 Å². The average Bonchev–Trinajstić information content (AvgIpc) is 3.11. The van der Waals surface area contributed by atoms with E-state index in [9.17, 15) is 0 Å². The van der Waals surface area contributed by atoms with Gasteiger partial charge in [-0.1, -0.05) is 40.3 Å². The predicted molar refractivity (Wildman–Crippen MR) is 102 cm³/mol. The second kappa shape index (κ2) is 7.06. The zero-order valence-corrected chi connectivity index (χ0v) is 16.0. The lowest BCUT2D eigenvalue weighted by Crippen LogP contribution is -2.24. The highest BCUT2D eigenvalue weighted by atomic mass is 79.9. The van der Waals surface area contributed by atoms with Gasteiger partial charge < -0.3 is 9.30 Å². The maximum Gasteiger partial charge on any atom is 0.141 e. The van der Waals surface area contributed by atoms with Crippen molar-refractivity contribution < 1.29 is 4.74 Å². The van der Waals surface area contributed by atoms with Gasteiger partial charge in [0.05, 0.1) is 12.6 Å². The van der Waals surface area contributed by atoms with Crippen LogP contribution in [-0.2, 0) is 24.1 Å². The Morgan fingerprint density at radius 2 is 1.96 bits per heavy atom. The fourth-order valence-corrected chi connectivity index (χ4v) is 4.35. The van der Waals surface area contributed by atoms with Gasteiger partial charge >= 0.3 is 0 Å². The molecule has 2 aliphatic rings. The van der Waals surface area contributed by atoms with Gasteiger partial charge in [-0.15, -0.1) is 0 Å². The first kappa shape index (κ1) is 16.4. The molecular weight excluding hydrogens is 384 g/mol. The Hall–Kier alpha value is -1.04. The van der Waals surface area contributed by atoms with E-state index in [2.05, 4.69) is 44.8 Å². The van der Waals surface area contributed by atoms with Crippen LogP contribution in [0.25, 0.3) is 11.4 Å². The summed E-state index contributed by atoms with van der Waals surface area (Å²) < 4.78 is 10.2. The molecule has 0 saturated carbocycles. The molecule has 0 N–H and O–H groups in total. The Morgan fingerprint density at radius 3 is 2.71 bits per heavy atom. The number of rotatable bonds is 3. The van der Waals surface area contributed by atoms with Gasteiger partial charge in [0.25, 0.3) is 0 Å². The third-order valence-corrected chi connectivity index (χ3v) is 5.86. The van der Waals surface area contributed by atoms with Gasteiger partial charge in [0.15, 0.2) is 0 Å². The van der Waals surface area contributed by atoms with Crippen molar-refractivity contribution in [1.82, 2.24) is 9.55 Å². The minimum absolute atomic E-state index is 0.299. The van der Waals surface area contributed by atoms with Crippen LogP contribution >= 0.6 is 28.1 Å². The molecule has 1 aromatic carbocycles. The summed E-state index contributed by atoms with van der Waals surface area (Å²) in [6, 6.07) is 8.36. The molecule has 4 rings (SSSR count). The molecule has 5 heteroatoms. The summed E-state index contributed by atoms with van der Waals surface area (Å²) in [6.45, 7) is 1.77. The first-order chi connectivity index (χ1) is 11.7. The molecule has 0 radical (unpaired) electrons. The Labute approximate surface area is 156 Å². The number of hydrogen-bond acceptors (Lipinski definition) is 3. The smallest absolute Gasteiger partial charge is 0.141 e. The normalized spacial score (nSPS) is 20.1. The van der Waals surface area contributed by atoms with Crippen LogP contribution in [0.15, 0.2) is 28.7 Å². The fraction of sp³-hybridized carbons (Fsp3) is 0.474. The van der Waals surface area contributed by atoms with E-state index in [1.807, 2.05) is 0 Å². The van der Waals surface area contributed by atoms with Crippen molar-refractivity contribution in [3.8, 4) is 11.4 Å². The lowest BCUT2D eigenvalue weighted by atomic mass is 9.96. The lowest BCUT2D eigenvalue weighted by Gasteiger charge is -2.26. The summed E-state index contributed by atoms with van der Waals surface area (Å²) in [6.07, 6.45) is 7.20. The van der Waals surface area contributed by atoms with Crippen LogP contribution in [0.2, 0.25) is 0 Å². The fourth-order valence-electron chi connectivity index (χ4n) is 3.78. The molecule has 1 atom stereocenters. The van der Waals surface area contributed by atoms with Crippen molar-refractivity contribution in [2.75, 3.05) is 6.61 Å². The SMILES string of the molecule is S=c1nc(-c2ccc(Br)cc2)n(C[C@@H]2CCCO2)c2c1CCCC2. The van der Waals surface area contributed by atoms with Crippen LogP contribution in [0, 0.1) is 4.64 Å². The van der Waals surface area contributed by atoms with Crippen LogP contribution in [0.1, 0.15) is 36.9 Å². The Balaban J connectivity index is 1.85. The topological polar surface area (TPSA) is 27.1 Å². The van der Waals surface area contributed by atoms with E-state index in [4.69, 9.17) is 21.9 Å². The first-order valence-corrected chi connectivity index (χ1v) is 9.92. The number of aromatic nitrogens is 2. The van der Waals surface area contributed by atoms with E-state index in [0.29, 0.717) is 6.10 Å². The van der Waals surface area contributed by atoms with Crippen LogP contribution in [-0.4, -0.2) is 22.3 Å². The monoisotopic (exact) mass is 404 g/mol. The summed E-state index contributed by atoms with van der Waals surface area (Å²) >= 11 is 9.14. The predicted octanol–water partition coefficient (Wildman–Crippen LogP) is 5.10. The van der Waals surface area contributed by atoms with E-state index in [-0.39, 0.29) is 0 Å². The first-order valence-electron chi connectivity index (χ1n) is 8.72. The van der Waals surface area contributed by atoms with Crippen molar-refractivity contribution >= 4 is 28.1 Å². The summed E-state index contributed by atoms with van der Waals surface area (Å²) in [5, 5.41) is 0. The van der Waals surface area contributed by atoms with Gasteiger partial charge in [-0.25, -0.2) is 4.98 Å².